The summed E-state index contributed by atoms with van der Waals surface area (Å²) in [5, 5.41) is 6.37. The number of para-hydroxylation sites is 1. The van der Waals surface area contributed by atoms with Gasteiger partial charge in [0.25, 0.3) is 0 Å². The van der Waals surface area contributed by atoms with Crippen LogP contribution in [0.1, 0.15) is 31.7 Å². The topological polar surface area (TPSA) is 54.9 Å². The highest BCUT2D eigenvalue weighted by Gasteiger charge is 2.20. The van der Waals surface area contributed by atoms with Gasteiger partial charge < -0.3 is 20.1 Å². The predicted octanol–water partition coefficient (Wildman–Crippen LogP) is 3.78. The standard InChI is InChI=1S/C18H27F2N3O2.HI/c1-2-21-18(22-10-5-11-24-13-14-8-9-14)23-12-15-6-3-4-7-16(15)25-17(19)20;/h3-4,6-7,14,17H,2,5,8-13H2,1H3,(H2,21,22,23);1H. The van der Waals surface area contributed by atoms with Gasteiger partial charge in [-0.3, -0.25) is 0 Å². The molecule has 26 heavy (non-hydrogen) atoms. The summed E-state index contributed by atoms with van der Waals surface area (Å²) >= 11 is 0. The average molecular weight is 483 g/mol. The van der Waals surface area contributed by atoms with E-state index in [-0.39, 0.29) is 36.3 Å². The van der Waals surface area contributed by atoms with Crippen molar-refractivity contribution in [1.29, 1.82) is 0 Å². The SMILES string of the molecule is CCNC(=NCc1ccccc1OC(F)F)NCCCOCC1CC1.I. The van der Waals surface area contributed by atoms with Gasteiger partial charge in [-0.15, -0.1) is 24.0 Å². The summed E-state index contributed by atoms with van der Waals surface area (Å²) in [6.45, 7) is 2.46. The fourth-order valence-electron chi connectivity index (χ4n) is 2.27. The van der Waals surface area contributed by atoms with Crippen molar-refractivity contribution < 1.29 is 18.3 Å². The second-order valence-electron chi connectivity index (χ2n) is 5.98. The Labute approximate surface area is 171 Å². The van der Waals surface area contributed by atoms with Crippen molar-refractivity contribution in [1.82, 2.24) is 10.6 Å². The number of guanidine groups is 1. The van der Waals surface area contributed by atoms with Crippen molar-refractivity contribution in [2.75, 3.05) is 26.3 Å². The van der Waals surface area contributed by atoms with Gasteiger partial charge in [-0.25, -0.2) is 4.99 Å². The van der Waals surface area contributed by atoms with Crippen LogP contribution in [0.5, 0.6) is 5.75 Å². The van der Waals surface area contributed by atoms with E-state index >= 15 is 0 Å². The quantitative estimate of drug-likeness (QED) is 0.218. The van der Waals surface area contributed by atoms with Gasteiger partial charge in [-0.05, 0) is 38.2 Å². The molecule has 1 saturated carbocycles. The minimum absolute atomic E-state index is 0. The molecule has 1 aromatic carbocycles. The third-order valence-corrected chi connectivity index (χ3v) is 3.75. The Morgan fingerprint density at radius 2 is 2.04 bits per heavy atom. The molecule has 1 aliphatic rings. The molecule has 0 aromatic heterocycles. The van der Waals surface area contributed by atoms with Crippen LogP contribution in [0.3, 0.4) is 0 Å². The number of rotatable bonds is 11. The number of nitrogens with one attached hydrogen (secondary N) is 2. The third kappa shape index (κ3) is 9.51. The highest BCUT2D eigenvalue weighted by atomic mass is 127. The minimum atomic E-state index is -2.84. The summed E-state index contributed by atoms with van der Waals surface area (Å²) in [6, 6.07) is 6.70. The molecular weight excluding hydrogens is 455 g/mol. The number of ether oxygens (including phenoxy) is 2. The molecule has 1 aromatic rings. The van der Waals surface area contributed by atoms with Gasteiger partial charge >= 0.3 is 6.61 Å². The monoisotopic (exact) mass is 483 g/mol. The molecule has 1 aliphatic carbocycles. The van der Waals surface area contributed by atoms with E-state index in [4.69, 9.17) is 4.74 Å². The molecule has 0 atom stereocenters. The summed E-state index contributed by atoms with van der Waals surface area (Å²) in [5.41, 5.74) is 0.618. The summed E-state index contributed by atoms with van der Waals surface area (Å²) in [7, 11) is 0. The zero-order valence-electron chi connectivity index (χ0n) is 15.0. The molecule has 2 N–H and O–H groups in total. The van der Waals surface area contributed by atoms with Crippen molar-refractivity contribution in [2.24, 2.45) is 10.9 Å². The van der Waals surface area contributed by atoms with Gasteiger partial charge in [0.05, 0.1) is 6.54 Å². The fourth-order valence-corrected chi connectivity index (χ4v) is 2.27. The van der Waals surface area contributed by atoms with E-state index in [1.54, 1.807) is 18.2 Å². The molecule has 148 valence electrons. The van der Waals surface area contributed by atoms with Gasteiger partial charge in [0.15, 0.2) is 5.96 Å². The lowest BCUT2D eigenvalue weighted by atomic mass is 10.2. The molecule has 0 radical (unpaired) electrons. The summed E-state index contributed by atoms with van der Waals surface area (Å²) < 4.78 is 35.0. The number of hydrogen-bond acceptors (Lipinski definition) is 3. The molecule has 1 fully saturated rings. The molecule has 5 nitrogen and oxygen atoms in total. The molecule has 0 unspecified atom stereocenters. The average Bonchev–Trinajstić information content (AvgIpc) is 3.40. The van der Waals surface area contributed by atoms with Crippen molar-refractivity contribution in [2.45, 2.75) is 39.3 Å². The van der Waals surface area contributed by atoms with E-state index in [2.05, 4.69) is 20.4 Å². The fraction of sp³-hybridized carbons (Fsp3) is 0.611. The van der Waals surface area contributed by atoms with Crippen LogP contribution in [-0.4, -0.2) is 38.9 Å². The van der Waals surface area contributed by atoms with E-state index in [1.807, 2.05) is 6.92 Å². The highest BCUT2D eigenvalue weighted by Crippen LogP contribution is 2.28. The van der Waals surface area contributed by atoms with E-state index < -0.39 is 6.61 Å². The second-order valence-corrected chi connectivity index (χ2v) is 5.98. The highest BCUT2D eigenvalue weighted by molar-refractivity contribution is 14.0. The van der Waals surface area contributed by atoms with E-state index in [9.17, 15) is 8.78 Å². The number of hydrogen-bond donors (Lipinski definition) is 2. The van der Waals surface area contributed by atoms with Gasteiger partial charge in [-0.2, -0.15) is 8.78 Å². The lowest BCUT2D eigenvalue weighted by molar-refractivity contribution is -0.0504. The van der Waals surface area contributed by atoms with Crippen LogP contribution >= 0.6 is 24.0 Å². The first-order valence-corrected chi connectivity index (χ1v) is 8.81. The van der Waals surface area contributed by atoms with Crippen molar-refractivity contribution in [3.8, 4) is 5.75 Å². The lowest BCUT2D eigenvalue weighted by Gasteiger charge is -2.13. The van der Waals surface area contributed by atoms with Crippen molar-refractivity contribution in [3.63, 3.8) is 0 Å². The van der Waals surface area contributed by atoms with E-state index in [0.29, 0.717) is 11.5 Å². The molecule has 0 aliphatic heterocycles. The molecule has 0 spiro atoms. The number of benzene rings is 1. The molecule has 0 bridgehead atoms. The Morgan fingerprint density at radius 3 is 2.73 bits per heavy atom. The Morgan fingerprint density at radius 1 is 1.27 bits per heavy atom. The Hall–Kier alpha value is -1.16. The van der Waals surface area contributed by atoms with Crippen LogP contribution in [0.4, 0.5) is 8.78 Å². The van der Waals surface area contributed by atoms with E-state index in [1.165, 1.54) is 18.9 Å². The molecule has 0 heterocycles. The van der Waals surface area contributed by atoms with Crippen molar-refractivity contribution in [3.05, 3.63) is 29.8 Å². The first-order chi connectivity index (χ1) is 12.2. The molecule has 0 amide bonds. The molecular formula is C18H28F2IN3O2. The van der Waals surface area contributed by atoms with Crippen LogP contribution in [0.15, 0.2) is 29.3 Å². The predicted molar refractivity (Wildman–Crippen MR) is 109 cm³/mol. The Bertz CT molecular complexity index is 543. The minimum Gasteiger partial charge on any atom is -0.434 e. The van der Waals surface area contributed by atoms with Gasteiger partial charge in [0, 0.05) is 31.9 Å². The van der Waals surface area contributed by atoms with Crippen LogP contribution in [0, 0.1) is 5.92 Å². The first kappa shape index (κ1) is 22.9. The molecule has 2 rings (SSSR count). The Kier molecular flexibility index (Phi) is 11.5. The zero-order valence-corrected chi connectivity index (χ0v) is 17.4. The van der Waals surface area contributed by atoms with Gasteiger partial charge in [0.1, 0.15) is 5.75 Å². The number of alkyl halides is 2. The van der Waals surface area contributed by atoms with Gasteiger partial charge in [0.2, 0.25) is 0 Å². The normalized spacial score (nSPS) is 14.1. The summed E-state index contributed by atoms with van der Waals surface area (Å²) in [4.78, 5) is 4.44. The largest absolute Gasteiger partial charge is 0.434 e. The molecule has 8 heteroatoms. The maximum absolute atomic E-state index is 12.4. The molecule has 0 saturated heterocycles. The first-order valence-electron chi connectivity index (χ1n) is 8.81. The summed E-state index contributed by atoms with van der Waals surface area (Å²) in [5.74, 6) is 1.59. The second kappa shape index (κ2) is 13.1. The van der Waals surface area contributed by atoms with Crippen LogP contribution in [0.2, 0.25) is 0 Å². The van der Waals surface area contributed by atoms with E-state index in [0.717, 1.165) is 38.6 Å². The Balaban J connectivity index is 0.00000338. The third-order valence-electron chi connectivity index (χ3n) is 3.75. The van der Waals surface area contributed by atoms with Crippen LogP contribution < -0.4 is 15.4 Å². The maximum Gasteiger partial charge on any atom is 0.387 e. The zero-order chi connectivity index (χ0) is 17.9. The smallest absolute Gasteiger partial charge is 0.387 e. The summed E-state index contributed by atoms with van der Waals surface area (Å²) in [6.07, 6.45) is 3.49. The number of nitrogens with zero attached hydrogens (tertiary/aromatic N) is 1. The van der Waals surface area contributed by atoms with Crippen LogP contribution in [0.25, 0.3) is 0 Å². The number of aliphatic imine (C=N–C) groups is 1. The van der Waals surface area contributed by atoms with Crippen molar-refractivity contribution >= 4 is 29.9 Å². The maximum atomic E-state index is 12.4. The lowest BCUT2D eigenvalue weighted by Crippen LogP contribution is -2.38. The van der Waals surface area contributed by atoms with Crippen LogP contribution in [-0.2, 0) is 11.3 Å². The number of halogens is 3. The van der Waals surface area contributed by atoms with Gasteiger partial charge in [-0.1, -0.05) is 18.2 Å².